The van der Waals surface area contributed by atoms with Crippen LogP contribution in [0.25, 0.3) is 0 Å². The first-order valence-corrected chi connectivity index (χ1v) is 4.14. The van der Waals surface area contributed by atoms with Gasteiger partial charge in [0.1, 0.15) is 5.82 Å². The molecular formula is C8H11ClFN3. The summed E-state index contributed by atoms with van der Waals surface area (Å²) >= 11 is 5.66. The summed E-state index contributed by atoms with van der Waals surface area (Å²) in [5, 5.41) is 0.166. The molecule has 0 aliphatic heterocycles. The highest BCUT2D eigenvalue weighted by Crippen LogP contribution is 2.25. The van der Waals surface area contributed by atoms with Crippen molar-refractivity contribution >= 4 is 17.3 Å². The monoisotopic (exact) mass is 203 g/mol. The summed E-state index contributed by atoms with van der Waals surface area (Å²) in [5.74, 6) is -0.564. The molecule has 1 aromatic carbocycles. The van der Waals surface area contributed by atoms with Gasteiger partial charge in [-0.05, 0) is 17.7 Å². The first kappa shape index (κ1) is 10.2. The van der Waals surface area contributed by atoms with Crippen LogP contribution in [0.4, 0.5) is 10.1 Å². The highest BCUT2D eigenvalue weighted by Gasteiger charge is 2.10. The number of nitrogen functional groups attached to an aromatic ring is 1. The van der Waals surface area contributed by atoms with Crippen LogP contribution in [-0.4, -0.2) is 6.54 Å². The van der Waals surface area contributed by atoms with Crippen LogP contribution in [0.15, 0.2) is 12.1 Å². The molecule has 72 valence electrons. The topological polar surface area (TPSA) is 78.1 Å². The maximum atomic E-state index is 13.0. The van der Waals surface area contributed by atoms with Crippen molar-refractivity contribution in [2.45, 2.75) is 6.04 Å². The Labute approximate surface area is 80.6 Å². The zero-order valence-corrected chi connectivity index (χ0v) is 7.68. The molecule has 0 aromatic heterocycles. The molecule has 0 fully saturated rings. The molecule has 0 aliphatic carbocycles. The molecule has 1 atom stereocenters. The normalized spacial score (nSPS) is 12.9. The number of hydrogen-bond acceptors (Lipinski definition) is 3. The van der Waals surface area contributed by atoms with Crippen molar-refractivity contribution in [2.75, 3.05) is 12.3 Å². The van der Waals surface area contributed by atoms with Gasteiger partial charge in [-0.3, -0.25) is 0 Å². The van der Waals surface area contributed by atoms with Crippen molar-refractivity contribution in [3.05, 3.63) is 28.5 Å². The molecule has 0 aliphatic rings. The first-order chi connectivity index (χ1) is 6.06. The van der Waals surface area contributed by atoms with Gasteiger partial charge in [0.25, 0.3) is 0 Å². The molecule has 5 heteroatoms. The smallest absolute Gasteiger partial charge is 0.147 e. The van der Waals surface area contributed by atoms with E-state index < -0.39 is 11.9 Å². The molecule has 0 heterocycles. The molecule has 0 saturated carbocycles. The van der Waals surface area contributed by atoms with Crippen molar-refractivity contribution in [1.82, 2.24) is 0 Å². The number of rotatable bonds is 2. The van der Waals surface area contributed by atoms with E-state index in [1.165, 1.54) is 12.1 Å². The van der Waals surface area contributed by atoms with Crippen molar-refractivity contribution in [1.29, 1.82) is 0 Å². The second-order valence-corrected chi connectivity index (χ2v) is 3.15. The van der Waals surface area contributed by atoms with E-state index in [1.807, 2.05) is 0 Å². The van der Waals surface area contributed by atoms with E-state index in [0.29, 0.717) is 5.56 Å². The predicted octanol–water partition coefficient (Wildman–Crippen LogP) is 1.02. The van der Waals surface area contributed by atoms with E-state index in [0.717, 1.165) is 0 Å². The molecule has 0 bridgehead atoms. The Morgan fingerprint density at radius 1 is 1.46 bits per heavy atom. The summed E-state index contributed by atoms with van der Waals surface area (Å²) in [5.41, 5.74) is 16.7. The van der Waals surface area contributed by atoms with Crippen molar-refractivity contribution < 1.29 is 4.39 Å². The lowest BCUT2D eigenvalue weighted by molar-refractivity contribution is 0.624. The van der Waals surface area contributed by atoms with Gasteiger partial charge >= 0.3 is 0 Å². The molecule has 13 heavy (non-hydrogen) atoms. The van der Waals surface area contributed by atoms with E-state index in [9.17, 15) is 4.39 Å². The Balaban J connectivity index is 3.13. The van der Waals surface area contributed by atoms with Crippen LogP contribution in [0.2, 0.25) is 5.02 Å². The zero-order chi connectivity index (χ0) is 10.0. The second-order valence-electron chi connectivity index (χ2n) is 2.74. The van der Waals surface area contributed by atoms with E-state index >= 15 is 0 Å². The van der Waals surface area contributed by atoms with Gasteiger partial charge in [-0.15, -0.1) is 0 Å². The Kier molecular flexibility index (Phi) is 3.08. The zero-order valence-electron chi connectivity index (χ0n) is 6.93. The average molecular weight is 204 g/mol. The summed E-state index contributed by atoms with van der Waals surface area (Å²) in [7, 11) is 0. The van der Waals surface area contributed by atoms with Gasteiger partial charge in [-0.2, -0.15) is 0 Å². The van der Waals surface area contributed by atoms with Crippen molar-refractivity contribution in [2.24, 2.45) is 11.5 Å². The summed E-state index contributed by atoms with van der Waals surface area (Å²) in [6.07, 6.45) is 0. The van der Waals surface area contributed by atoms with Crippen LogP contribution in [0.5, 0.6) is 0 Å². The molecule has 0 saturated heterocycles. The van der Waals surface area contributed by atoms with Crippen LogP contribution in [0.3, 0.4) is 0 Å². The highest BCUT2D eigenvalue weighted by atomic mass is 35.5. The van der Waals surface area contributed by atoms with E-state index in [1.54, 1.807) is 0 Å². The first-order valence-electron chi connectivity index (χ1n) is 3.76. The molecule has 0 unspecified atom stereocenters. The van der Waals surface area contributed by atoms with Crippen LogP contribution >= 0.6 is 11.6 Å². The molecule has 0 radical (unpaired) electrons. The van der Waals surface area contributed by atoms with Crippen LogP contribution in [0.1, 0.15) is 11.6 Å². The number of halogens is 2. The SMILES string of the molecule is NC[C@H](N)c1cc(F)c(N)c(Cl)c1. The van der Waals surface area contributed by atoms with Crippen LogP contribution in [0, 0.1) is 5.82 Å². The molecule has 1 rings (SSSR count). The third-order valence-corrected chi connectivity index (χ3v) is 2.10. The lowest BCUT2D eigenvalue weighted by Crippen LogP contribution is -2.21. The van der Waals surface area contributed by atoms with Crippen molar-refractivity contribution in [3.8, 4) is 0 Å². The standard InChI is InChI=1S/C8H11ClFN3/c9-5-1-4(7(12)3-11)2-6(10)8(5)13/h1-2,7H,3,11-13H2/t7-/m0/s1. The number of anilines is 1. The maximum Gasteiger partial charge on any atom is 0.147 e. The van der Waals surface area contributed by atoms with Gasteiger partial charge in [0.15, 0.2) is 0 Å². The number of hydrogen-bond donors (Lipinski definition) is 3. The molecule has 0 spiro atoms. The fraction of sp³-hybridized carbons (Fsp3) is 0.250. The Bertz CT molecular complexity index is 293. The fourth-order valence-corrected chi connectivity index (χ4v) is 1.17. The minimum atomic E-state index is -0.564. The summed E-state index contributed by atoms with van der Waals surface area (Å²) < 4.78 is 13.0. The number of benzene rings is 1. The summed E-state index contributed by atoms with van der Waals surface area (Å²) in [6, 6.07) is 2.36. The van der Waals surface area contributed by atoms with Gasteiger partial charge in [0, 0.05) is 12.6 Å². The molecular weight excluding hydrogens is 193 g/mol. The minimum absolute atomic E-state index is 0.0605. The molecule has 3 nitrogen and oxygen atoms in total. The summed E-state index contributed by atoms with van der Waals surface area (Å²) in [4.78, 5) is 0. The van der Waals surface area contributed by atoms with E-state index in [2.05, 4.69) is 0 Å². The van der Waals surface area contributed by atoms with Gasteiger partial charge < -0.3 is 17.2 Å². The number of nitrogens with two attached hydrogens (primary N) is 3. The lowest BCUT2D eigenvalue weighted by atomic mass is 10.1. The molecule has 0 amide bonds. The van der Waals surface area contributed by atoms with Gasteiger partial charge in [-0.1, -0.05) is 11.6 Å². The Morgan fingerprint density at radius 3 is 2.54 bits per heavy atom. The van der Waals surface area contributed by atoms with Gasteiger partial charge in [-0.25, -0.2) is 4.39 Å². The van der Waals surface area contributed by atoms with Crippen molar-refractivity contribution in [3.63, 3.8) is 0 Å². The quantitative estimate of drug-likeness (QED) is 0.628. The molecule has 6 N–H and O–H groups in total. The Morgan fingerprint density at radius 2 is 2.08 bits per heavy atom. The average Bonchev–Trinajstić information content (AvgIpc) is 2.12. The molecule has 1 aromatic rings. The Hall–Kier alpha value is -0.840. The highest BCUT2D eigenvalue weighted by molar-refractivity contribution is 6.33. The maximum absolute atomic E-state index is 13.0. The van der Waals surface area contributed by atoms with E-state index in [4.69, 9.17) is 28.8 Å². The van der Waals surface area contributed by atoms with Gasteiger partial charge in [0.2, 0.25) is 0 Å². The third kappa shape index (κ3) is 2.09. The second kappa shape index (κ2) is 3.91. The minimum Gasteiger partial charge on any atom is -0.395 e. The van der Waals surface area contributed by atoms with Crippen LogP contribution < -0.4 is 17.2 Å². The summed E-state index contributed by atoms with van der Waals surface area (Å²) in [6.45, 7) is 0.236. The lowest BCUT2D eigenvalue weighted by Gasteiger charge is -2.10. The predicted molar refractivity (Wildman–Crippen MR) is 51.8 cm³/mol. The fourth-order valence-electron chi connectivity index (χ4n) is 0.954. The largest absolute Gasteiger partial charge is 0.395 e. The third-order valence-electron chi connectivity index (χ3n) is 1.78. The van der Waals surface area contributed by atoms with Crippen LogP contribution in [-0.2, 0) is 0 Å². The van der Waals surface area contributed by atoms with E-state index in [-0.39, 0.29) is 17.3 Å². The van der Waals surface area contributed by atoms with Gasteiger partial charge in [0.05, 0.1) is 10.7 Å².